The van der Waals surface area contributed by atoms with Crippen molar-refractivity contribution in [2.24, 2.45) is 5.10 Å². The smallest absolute Gasteiger partial charge is 0.272 e. The van der Waals surface area contributed by atoms with Crippen LogP contribution in [0.2, 0.25) is 0 Å². The minimum atomic E-state index is -0.355. The lowest BCUT2D eigenvalue weighted by atomic mass is 10.2. The number of hydrazone groups is 1. The molecule has 0 aliphatic carbocycles. The van der Waals surface area contributed by atoms with E-state index in [0.29, 0.717) is 22.7 Å². The van der Waals surface area contributed by atoms with Crippen molar-refractivity contribution in [3.8, 4) is 11.5 Å². The molecule has 0 fully saturated rings. The number of hydrogen-bond donors (Lipinski definition) is 2. The van der Waals surface area contributed by atoms with Crippen LogP contribution in [0.3, 0.4) is 0 Å². The zero-order valence-electron chi connectivity index (χ0n) is 17.4. The number of ether oxygens (including phenoxy) is 2. The van der Waals surface area contributed by atoms with E-state index in [9.17, 15) is 9.59 Å². The van der Waals surface area contributed by atoms with Crippen molar-refractivity contribution in [1.29, 1.82) is 0 Å². The number of carbonyl (C=O) groups excluding carboxylic acids is 2. The van der Waals surface area contributed by atoms with Gasteiger partial charge < -0.3 is 19.4 Å². The molecule has 0 spiro atoms. The summed E-state index contributed by atoms with van der Waals surface area (Å²) in [4.78, 5) is 28.8. The molecular formula is C24H19N5O4. The Morgan fingerprint density at radius 2 is 1.97 bits per heavy atom. The van der Waals surface area contributed by atoms with Gasteiger partial charge in [0.2, 0.25) is 12.7 Å². The monoisotopic (exact) mass is 441 g/mol. The minimum Gasteiger partial charge on any atom is -0.454 e. The molecule has 4 aromatic rings. The molecule has 0 radical (unpaired) electrons. The second kappa shape index (κ2) is 8.83. The third-order valence-electron chi connectivity index (χ3n) is 5.08. The highest BCUT2D eigenvalue weighted by atomic mass is 16.7. The van der Waals surface area contributed by atoms with Crippen LogP contribution in [-0.2, 0) is 11.3 Å². The number of carbonyl (C=O) groups is 2. The number of hydrogen-bond acceptors (Lipinski definition) is 6. The maximum Gasteiger partial charge on any atom is 0.272 e. The number of rotatable bonds is 6. The highest BCUT2D eigenvalue weighted by Crippen LogP contribution is 2.34. The number of anilines is 1. The van der Waals surface area contributed by atoms with Crippen LogP contribution in [0.4, 0.5) is 5.69 Å². The summed E-state index contributed by atoms with van der Waals surface area (Å²) in [5.74, 6) is 0.712. The lowest BCUT2D eigenvalue weighted by molar-refractivity contribution is -0.116. The molecule has 1 aliphatic rings. The number of para-hydroxylation sites is 1. The summed E-state index contributed by atoms with van der Waals surface area (Å²) in [6, 6.07) is 16.3. The molecule has 9 nitrogen and oxygen atoms in total. The van der Waals surface area contributed by atoms with Crippen molar-refractivity contribution < 1.29 is 19.1 Å². The van der Waals surface area contributed by atoms with E-state index in [1.54, 1.807) is 42.7 Å². The van der Waals surface area contributed by atoms with E-state index in [4.69, 9.17) is 9.47 Å². The van der Waals surface area contributed by atoms with Gasteiger partial charge in [-0.3, -0.25) is 14.6 Å². The van der Waals surface area contributed by atoms with Crippen molar-refractivity contribution >= 4 is 34.6 Å². The number of benzene rings is 2. The number of nitrogens with zero attached hydrogens (tertiary/aromatic N) is 3. The Balaban J connectivity index is 1.31. The Bertz CT molecular complexity index is 1360. The average molecular weight is 441 g/mol. The summed E-state index contributed by atoms with van der Waals surface area (Å²) in [6.07, 6.45) is 6.44. The fourth-order valence-electron chi connectivity index (χ4n) is 3.56. The van der Waals surface area contributed by atoms with Gasteiger partial charge in [0, 0.05) is 46.8 Å². The minimum absolute atomic E-state index is 0.102. The first kappa shape index (κ1) is 20.3. The molecule has 0 saturated heterocycles. The van der Waals surface area contributed by atoms with Crippen molar-refractivity contribution in [3.05, 3.63) is 84.3 Å². The van der Waals surface area contributed by atoms with Crippen molar-refractivity contribution in [2.75, 3.05) is 12.1 Å². The van der Waals surface area contributed by atoms with Gasteiger partial charge in [0.25, 0.3) is 5.91 Å². The van der Waals surface area contributed by atoms with Crippen molar-refractivity contribution in [2.45, 2.75) is 6.54 Å². The second-order valence-electron chi connectivity index (χ2n) is 7.29. The summed E-state index contributed by atoms with van der Waals surface area (Å²) in [7, 11) is 0. The Hall–Kier alpha value is -4.66. The summed E-state index contributed by atoms with van der Waals surface area (Å²) in [5, 5.41) is 7.86. The Morgan fingerprint density at radius 3 is 2.85 bits per heavy atom. The Labute approximate surface area is 188 Å². The van der Waals surface area contributed by atoms with Gasteiger partial charge in [-0.1, -0.05) is 18.2 Å². The standard InChI is InChI=1S/C24H19N5O4/c30-23(27-18-7-8-21-22(10-18)33-15-32-21)14-29-13-17(19-5-1-2-6-20(19)29)12-26-28-24(31)16-4-3-9-25-11-16/h1-13H,14-15H2,(H,27,30)(H,28,31)/b26-12-. The normalized spacial score (nSPS) is 12.2. The van der Waals surface area contributed by atoms with Crippen LogP contribution in [0.1, 0.15) is 15.9 Å². The van der Waals surface area contributed by atoms with Gasteiger partial charge in [-0.15, -0.1) is 0 Å². The lowest BCUT2D eigenvalue weighted by Gasteiger charge is -2.08. The number of pyridine rings is 1. The molecule has 0 bridgehead atoms. The molecule has 2 N–H and O–H groups in total. The summed E-state index contributed by atoms with van der Waals surface area (Å²) in [5.41, 5.74) is 5.18. The molecule has 2 aromatic heterocycles. The number of amides is 2. The molecule has 1 aliphatic heterocycles. The molecule has 33 heavy (non-hydrogen) atoms. The molecule has 2 aromatic carbocycles. The topological polar surface area (TPSA) is 107 Å². The molecule has 2 amide bonds. The van der Waals surface area contributed by atoms with E-state index in [1.807, 2.05) is 35.0 Å². The number of nitrogens with one attached hydrogen (secondary N) is 2. The Kier molecular flexibility index (Phi) is 5.42. The van der Waals surface area contributed by atoms with Crippen LogP contribution in [-0.4, -0.2) is 34.4 Å². The van der Waals surface area contributed by atoms with Crippen LogP contribution in [0.15, 0.2) is 78.3 Å². The molecule has 0 atom stereocenters. The summed E-state index contributed by atoms with van der Waals surface area (Å²) in [6.45, 7) is 0.278. The zero-order valence-corrected chi connectivity index (χ0v) is 17.4. The van der Waals surface area contributed by atoms with Crippen molar-refractivity contribution in [1.82, 2.24) is 15.0 Å². The van der Waals surface area contributed by atoms with Gasteiger partial charge in [-0.2, -0.15) is 5.10 Å². The van der Waals surface area contributed by atoms with E-state index in [2.05, 4.69) is 20.8 Å². The van der Waals surface area contributed by atoms with E-state index in [0.717, 1.165) is 16.5 Å². The van der Waals surface area contributed by atoms with E-state index >= 15 is 0 Å². The number of fused-ring (bicyclic) bond motifs is 2. The molecule has 9 heteroatoms. The van der Waals surface area contributed by atoms with Crippen LogP contribution in [0, 0.1) is 0 Å². The van der Waals surface area contributed by atoms with Crippen LogP contribution < -0.4 is 20.2 Å². The predicted molar refractivity (Wildman–Crippen MR) is 122 cm³/mol. The quantitative estimate of drug-likeness (QED) is 0.353. The first-order chi connectivity index (χ1) is 16.2. The first-order valence-corrected chi connectivity index (χ1v) is 10.2. The number of aromatic nitrogens is 2. The van der Waals surface area contributed by atoms with Gasteiger partial charge in [0.1, 0.15) is 6.54 Å². The van der Waals surface area contributed by atoms with E-state index < -0.39 is 0 Å². The van der Waals surface area contributed by atoms with Gasteiger partial charge in [0.15, 0.2) is 11.5 Å². The zero-order chi connectivity index (χ0) is 22.6. The maximum absolute atomic E-state index is 12.7. The predicted octanol–water partition coefficient (Wildman–Crippen LogP) is 3.17. The second-order valence-corrected chi connectivity index (χ2v) is 7.29. The first-order valence-electron chi connectivity index (χ1n) is 10.2. The highest BCUT2D eigenvalue weighted by Gasteiger charge is 2.15. The summed E-state index contributed by atoms with van der Waals surface area (Å²) < 4.78 is 12.5. The average Bonchev–Trinajstić information content (AvgIpc) is 3.44. The van der Waals surface area contributed by atoms with Gasteiger partial charge in [-0.05, 0) is 30.3 Å². The highest BCUT2D eigenvalue weighted by molar-refractivity contribution is 6.01. The maximum atomic E-state index is 12.7. The van der Waals surface area contributed by atoms with Gasteiger partial charge >= 0.3 is 0 Å². The molecule has 0 unspecified atom stereocenters. The van der Waals surface area contributed by atoms with Crippen molar-refractivity contribution in [3.63, 3.8) is 0 Å². The molecule has 5 rings (SSSR count). The van der Waals surface area contributed by atoms with Crippen LogP contribution >= 0.6 is 0 Å². The fourth-order valence-corrected chi connectivity index (χ4v) is 3.56. The summed E-state index contributed by atoms with van der Waals surface area (Å²) >= 11 is 0. The fraction of sp³-hybridized carbons (Fsp3) is 0.0833. The molecular weight excluding hydrogens is 422 g/mol. The van der Waals surface area contributed by atoms with Gasteiger partial charge in [-0.25, -0.2) is 5.43 Å². The van der Waals surface area contributed by atoms with Crippen LogP contribution in [0.5, 0.6) is 11.5 Å². The molecule has 3 heterocycles. The lowest BCUT2D eigenvalue weighted by Crippen LogP contribution is -2.18. The largest absolute Gasteiger partial charge is 0.454 e. The van der Waals surface area contributed by atoms with Crippen LogP contribution in [0.25, 0.3) is 10.9 Å². The molecule has 164 valence electrons. The SMILES string of the molecule is O=C(Cn1cc(/C=N\NC(=O)c2cccnc2)c2ccccc21)Nc1ccc2c(c1)OCO2. The third-order valence-corrected chi connectivity index (χ3v) is 5.08. The third kappa shape index (κ3) is 4.38. The Morgan fingerprint density at radius 1 is 1.09 bits per heavy atom. The van der Waals surface area contributed by atoms with E-state index in [-0.39, 0.29) is 25.2 Å². The van der Waals surface area contributed by atoms with E-state index in [1.165, 1.54) is 6.20 Å². The molecule has 0 saturated carbocycles. The van der Waals surface area contributed by atoms with Gasteiger partial charge in [0.05, 0.1) is 11.8 Å².